The average Bonchev–Trinajstić information content (AvgIpc) is 2.30. The van der Waals surface area contributed by atoms with E-state index < -0.39 is 11.7 Å². The van der Waals surface area contributed by atoms with Crippen molar-refractivity contribution < 1.29 is 9.53 Å². The van der Waals surface area contributed by atoms with Gasteiger partial charge in [0.05, 0.1) is 0 Å². The summed E-state index contributed by atoms with van der Waals surface area (Å²) in [5.74, 6) is 0. The number of nitrogens with one attached hydrogen (secondary N) is 3. The smallest absolute Gasteiger partial charge is 0.426 e. The van der Waals surface area contributed by atoms with Gasteiger partial charge in [-0.1, -0.05) is 17.7 Å². The number of hydrogen-bond acceptors (Lipinski definition) is 3. The second-order valence-electron chi connectivity index (χ2n) is 5.12. The molecule has 0 aromatic heterocycles. The third-order valence-electron chi connectivity index (χ3n) is 2.19. The maximum atomic E-state index is 11.4. The first kappa shape index (κ1) is 16.5. The zero-order chi connectivity index (χ0) is 15.3. The molecule has 0 spiro atoms. The number of amides is 1. The number of ether oxygens (including phenoxy) is 1. The Morgan fingerprint density at radius 2 is 1.95 bits per heavy atom. The van der Waals surface area contributed by atoms with Crippen molar-refractivity contribution in [2.24, 2.45) is 0 Å². The van der Waals surface area contributed by atoms with Crippen LogP contribution in [-0.2, 0) is 4.74 Å². The molecule has 0 aliphatic heterocycles. The summed E-state index contributed by atoms with van der Waals surface area (Å²) in [5.41, 5.74) is 5.97. The molecule has 1 amide bonds. The Morgan fingerprint density at radius 3 is 2.55 bits per heavy atom. The normalized spacial score (nSPS) is 10.7. The Kier molecular flexibility index (Phi) is 5.59. The molecule has 0 radical (unpaired) electrons. The quantitative estimate of drug-likeness (QED) is 0.548. The van der Waals surface area contributed by atoms with Gasteiger partial charge in [-0.3, -0.25) is 5.43 Å². The van der Waals surface area contributed by atoms with Crippen molar-refractivity contribution in [1.29, 1.82) is 0 Å². The molecule has 1 aromatic carbocycles. The number of carbonyl (C=O) groups is 1. The van der Waals surface area contributed by atoms with Gasteiger partial charge in [-0.2, -0.15) is 0 Å². The monoisotopic (exact) mass is 315 g/mol. The number of rotatable bonds is 1. The van der Waals surface area contributed by atoms with E-state index in [1.54, 1.807) is 26.8 Å². The molecule has 1 rings (SSSR count). The summed E-state index contributed by atoms with van der Waals surface area (Å²) in [6, 6.07) is 5.43. The minimum atomic E-state index is -0.607. The van der Waals surface area contributed by atoms with E-state index in [0.29, 0.717) is 5.02 Å². The Labute approximate surface area is 129 Å². The predicted molar refractivity (Wildman–Crippen MR) is 84.9 cm³/mol. The van der Waals surface area contributed by atoms with Crippen LogP contribution in [0.4, 0.5) is 10.5 Å². The van der Waals surface area contributed by atoms with Crippen molar-refractivity contribution in [3.63, 3.8) is 0 Å². The number of halogens is 1. The molecule has 0 bridgehead atoms. The lowest BCUT2D eigenvalue weighted by molar-refractivity contribution is 0.0513. The summed E-state index contributed by atoms with van der Waals surface area (Å²) in [7, 11) is 0. The number of anilines is 1. The molecule has 1 aromatic rings. The first-order valence-corrected chi connectivity index (χ1v) is 6.79. The highest BCUT2D eigenvalue weighted by Crippen LogP contribution is 2.22. The van der Waals surface area contributed by atoms with E-state index in [0.717, 1.165) is 11.3 Å². The van der Waals surface area contributed by atoms with Gasteiger partial charge in [0.2, 0.25) is 0 Å². The minimum Gasteiger partial charge on any atom is -0.443 e. The Morgan fingerprint density at radius 1 is 1.30 bits per heavy atom. The summed E-state index contributed by atoms with van der Waals surface area (Å²) in [5, 5.41) is 3.81. The van der Waals surface area contributed by atoms with Crippen molar-refractivity contribution in [1.82, 2.24) is 10.9 Å². The van der Waals surface area contributed by atoms with Crippen LogP contribution in [0.25, 0.3) is 0 Å². The van der Waals surface area contributed by atoms with Gasteiger partial charge in [-0.25, -0.2) is 10.2 Å². The van der Waals surface area contributed by atoms with E-state index in [4.69, 9.17) is 28.6 Å². The van der Waals surface area contributed by atoms with Crippen LogP contribution in [0.15, 0.2) is 18.2 Å². The SMILES string of the molecule is Cc1c(Cl)cccc1NC(=S)NNC(=O)OC(C)(C)C. The average molecular weight is 316 g/mol. The number of hydrogen-bond donors (Lipinski definition) is 3. The van der Waals surface area contributed by atoms with Crippen molar-refractivity contribution in [3.8, 4) is 0 Å². The molecule has 0 saturated heterocycles. The van der Waals surface area contributed by atoms with Crippen LogP contribution in [0.5, 0.6) is 0 Å². The Balaban J connectivity index is 2.49. The van der Waals surface area contributed by atoms with Crippen LogP contribution >= 0.6 is 23.8 Å². The molecule has 7 heteroatoms. The van der Waals surface area contributed by atoms with Gasteiger partial charge in [0, 0.05) is 10.7 Å². The minimum absolute atomic E-state index is 0.237. The summed E-state index contributed by atoms with van der Waals surface area (Å²) in [4.78, 5) is 11.4. The van der Waals surface area contributed by atoms with Crippen LogP contribution in [0, 0.1) is 6.92 Å². The predicted octanol–water partition coefficient (Wildman–Crippen LogP) is 3.37. The van der Waals surface area contributed by atoms with Crippen LogP contribution in [0.2, 0.25) is 5.02 Å². The van der Waals surface area contributed by atoms with E-state index in [9.17, 15) is 4.79 Å². The van der Waals surface area contributed by atoms with Crippen LogP contribution in [-0.4, -0.2) is 16.8 Å². The van der Waals surface area contributed by atoms with Gasteiger partial charge >= 0.3 is 6.09 Å². The highest BCUT2D eigenvalue weighted by molar-refractivity contribution is 7.80. The van der Waals surface area contributed by atoms with E-state index >= 15 is 0 Å². The molecule has 3 N–H and O–H groups in total. The van der Waals surface area contributed by atoms with E-state index in [1.165, 1.54) is 0 Å². The molecular formula is C13H18ClN3O2S. The molecule has 0 atom stereocenters. The van der Waals surface area contributed by atoms with Gasteiger partial charge in [0.15, 0.2) is 5.11 Å². The highest BCUT2D eigenvalue weighted by Gasteiger charge is 2.16. The molecule has 0 saturated carbocycles. The summed E-state index contributed by atoms with van der Waals surface area (Å²) < 4.78 is 5.06. The largest absolute Gasteiger partial charge is 0.443 e. The number of benzene rings is 1. The lowest BCUT2D eigenvalue weighted by Gasteiger charge is -2.20. The van der Waals surface area contributed by atoms with Crippen molar-refractivity contribution in [3.05, 3.63) is 28.8 Å². The molecular weight excluding hydrogens is 298 g/mol. The van der Waals surface area contributed by atoms with Gasteiger partial charge in [0.25, 0.3) is 0 Å². The lowest BCUT2D eigenvalue weighted by Crippen LogP contribution is -2.46. The number of thiocarbonyl (C=S) groups is 1. The zero-order valence-electron chi connectivity index (χ0n) is 11.8. The van der Waals surface area contributed by atoms with Crippen LogP contribution < -0.4 is 16.2 Å². The molecule has 5 nitrogen and oxygen atoms in total. The number of hydrazine groups is 1. The molecule has 110 valence electrons. The van der Waals surface area contributed by atoms with Crippen molar-refractivity contribution in [2.75, 3.05) is 5.32 Å². The van der Waals surface area contributed by atoms with Crippen molar-refractivity contribution in [2.45, 2.75) is 33.3 Å². The Bertz CT molecular complexity index is 515. The molecule has 0 unspecified atom stereocenters. The van der Waals surface area contributed by atoms with Gasteiger partial charge in [-0.15, -0.1) is 0 Å². The topological polar surface area (TPSA) is 62.4 Å². The Hall–Kier alpha value is -1.53. The molecule has 0 heterocycles. The van der Waals surface area contributed by atoms with E-state index in [-0.39, 0.29) is 5.11 Å². The van der Waals surface area contributed by atoms with Gasteiger partial charge in [0.1, 0.15) is 5.60 Å². The molecule has 0 fully saturated rings. The van der Waals surface area contributed by atoms with Gasteiger partial charge < -0.3 is 10.1 Å². The van der Waals surface area contributed by atoms with E-state index in [2.05, 4.69) is 16.2 Å². The molecule has 0 aliphatic carbocycles. The van der Waals surface area contributed by atoms with Crippen LogP contribution in [0.1, 0.15) is 26.3 Å². The lowest BCUT2D eigenvalue weighted by atomic mass is 10.2. The molecule has 20 heavy (non-hydrogen) atoms. The number of carbonyl (C=O) groups excluding carboxylic acids is 1. The molecule has 0 aliphatic rings. The van der Waals surface area contributed by atoms with Gasteiger partial charge in [-0.05, 0) is 57.6 Å². The highest BCUT2D eigenvalue weighted by atomic mass is 35.5. The first-order valence-electron chi connectivity index (χ1n) is 6.00. The standard InChI is InChI=1S/C13H18ClN3O2S/c1-8-9(14)6-5-7-10(8)15-11(20)16-17-12(18)19-13(2,3)4/h5-7H,1-4H3,(H,17,18)(H2,15,16,20). The maximum Gasteiger partial charge on any atom is 0.426 e. The van der Waals surface area contributed by atoms with Crippen LogP contribution in [0.3, 0.4) is 0 Å². The summed E-state index contributed by atoms with van der Waals surface area (Å²) in [6.07, 6.45) is -0.607. The van der Waals surface area contributed by atoms with E-state index in [1.807, 2.05) is 19.1 Å². The fourth-order valence-corrected chi connectivity index (χ4v) is 1.64. The third-order valence-corrected chi connectivity index (χ3v) is 2.81. The fraction of sp³-hybridized carbons (Fsp3) is 0.385. The zero-order valence-corrected chi connectivity index (χ0v) is 13.4. The second-order valence-corrected chi connectivity index (χ2v) is 5.93. The third kappa shape index (κ3) is 5.63. The second kappa shape index (κ2) is 6.76. The fourth-order valence-electron chi connectivity index (χ4n) is 1.31. The maximum absolute atomic E-state index is 11.4. The first-order chi connectivity index (χ1) is 9.19. The summed E-state index contributed by atoms with van der Waals surface area (Å²) in [6.45, 7) is 7.20. The van der Waals surface area contributed by atoms with Crippen molar-refractivity contribution >= 4 is 40.7 Å². The summed E-state index contributed by atoms with van der Waals surface area (Å²) >= 11 is 11.1.